The van der Waals surface area contributed by atoms with Gasteiger partial charge in [0.1, 0.15) is 5.01 Å². The summed E-state index contributed by atoms with van der Waals surface area (Å²) in [7, 11) is 0. The zero-order chi connectivity index (χ0) is 12.8. The lowest BCUT2D eigenvalue weighted by molar-refractivity contribution is 0.155. The quantitative estimate of drug-likeness (QED) is 0.860. The number of hydrogen-bond acceptors (Lipinski definition) is 5. The normalized spacial score (nSPS) is 17.3. The molecule has 0 saturated heterocycles. The lowest BCUT2D eigenvalue weighted by atomic mass is 9.94. The molecule has 1 aliphatic rings. The molecule has 1 N–H and O–H groups in total. The number of aromatic nitrogens is 2. The molecule has 0 amide bonds. The third kappa shape index (κ3) is 3.65. The van der Waals surface area contributed by atoms with Crippen molar-refractivity contribution >= 4 is 16.5 Å². The lowest BCUT2D eigenvalue weighted by Gasteiger charge is -2.32. The van der Waals surface area contributed by atoms with Gasteiger partial charge in [-0.3, -0.25) is 4.90 Å². The summed E-state index contributed by atoms with van der Waals surface area (Å²) >= 11 is 1.69. The van der Waals surface area contributed by atoms with Crippen molar-refractivity contribution in [3.05, 3.63) is 5.01 Å². The van der Waals surface area contributed by atoms with Gasteiger partial charge in [0.2, 0.25) is 5.13 Å². The molecule has 1 saturated carbocycles. The second-order valence-electron chi connectivity index (χ2n) is 4.89. The van der Waals surface area contributed by atoms with Gasteiger partial charge >= 0.3 is 0 Å². The Labute approximate surface area is 114 Å². The summed E-state index contributed by atoms with van der Waals surface area (Å²) < 4.78 is 0. The molecule has 18 heavy (non-hydrogen) atoms. The van der Waals surface area contributed by atoms with Crippen molar-refractivity contribution in [3.63, 3.8) is 0 Å². The molecule has 4 nitrogen and oxygen atoms in total. The minimum atomic E-state index is 0.759. The smallest absolute Gasteiger partial charge is 0.205 e. The first kappa shape index (κ1) is 13.7. The van der Waals surface area contributed by atoms with Gasteiger partial charge in [0.15, 0.2) is 0 Å². The van der Waals surface area contributed by atoms with Crippen LogP contribution < -0.4 is 5.32 Å². The minimum absolute atomic E-state index is 0.759. The molecule has 1 aromatic heterocycles. The van der Waals surface area contributed by atoms with E-state index in [9.17, 15) is 0 Å². The molecule has 1 heterocycles. The molecule has 0 aliphatic heterocycles. The standard InChI is InChI=1S/C13H24N4S/c1-3-14-13-16-15-12(18-13)10-17(4-2)11-8-6-5-7-9-11/h11H,3-10H2,1-2H3,(H,14,16). The van der Waals surface area contributed by atoms with Gasteiger partial charge in [-0.25, -0.2) is 0 Å². The molecule has 1 aromatic rings. The van der Waals surface area contributed by atoms with Crippen LogP contribution in [0.2, 0.25) is 0 Å². The zero-order valence-corrected chi connectivity index (χ0v) is 12.3. The molecule has 102 valence electrons. The Morgan fingerprint density at radius 1 is 1.22 bits per heavy atom. The Morgan fingerprint density at radius 3 is 2.67 bits per heavy atom. The average Bonchev–Trinajstić information content (AvgIpc) is 2.85. The average molecular weight is 268 g/mol. The van der Waals surface area contributed by atoms with Crippen LogP contribution in [0.3, 0.4) is 0 Å². The number of hydrogen-bond donors (Lipinski definition) is 1. The van der Waals surface area contributed by atoms with E-state index in [0.717, 1.165) is 35.8 Å². The molecule has 0 aromatic carbocycles. The highest BCUT2D eigenvalue weighted by atomic mass is 32.1. The van der Waals surface area contributed by atoms with Crippen molar-refractivity contribution in [2.24, 2.45) is 0 Å². The van der Waals surface area contributed by atoms with E-state index in [1.807, 2.05) is 0 Å². The summed E-state index contributed by atoms with van der Waals surface area (Å²) in [6, 6.07) is 0.759. The Morgan fingerprint density at radius 2 is 2.00 bits per heavy atom. The van der Waals surface area contributed by atoms with E-state index >= 15 is 0 Å². The fraction of sp³-hybridized carbons (Fsp3) is 0.846. The molecule has 0 spiro atoms. The van der Waals surface area contributed by atoms with E-state index in [0.29, 0.717) is 0 Å². The highest BCUT2D eigenvalue weighted by Gasteiger charge is 2.21. The second-order valence-corrected chi connectivity index (χ2v) is 5.95. The van der Waals surface area contributed by atoms with Crippen molar-refractivity contribution in [2.75, 3.05) is 18.4 Å². The van der Waals surface area contributed by atoms with E-state index in [4.69, 9.17) is 0 Å². The van der Waals surface area contributed by atoms with Gasteiger partial charge in [-0.1, -0.05) is 37.5 Å². The molecule has 0 bridgehead atoms. The van der Waals surface area contributed by atoms with Crippen LogP contribution in [0.25, 0.3) is 0 Å². The van der Waals surface area contributed by atoms with Crippen molar-refractivity contribution in [3.8, 4) is 0 Å². The molecular formula is C13H24N4S. The predicted octanol–water partition coefficient (Wildman–Crippen LogP) is 3.12. The largest absolute Gasteiger partial charge is 0.360 e. The summed E-state index contributed by atoms with van der Waals surface area (Å²) in [5.41, 5.74) is 0. The summed E-state index contributed by atoms with van der Waals surface area (Å²) in [5, 5.41) is 13.8. The number of nitrogens with zero attached hydrogens (tertiary/aromatic N) is 3. The Kier molecular flexibility index (Phi) is 5.38. The first-order valence-corrected chi connectivity index (χ1v) is 7.95. The van der Waals surface area contributed by atoms with Gasteiger partial charge < -0.3 is 5.32 Å². The zero-order valence-electron chi connectivity index (χ0n) is 11.5. The third-order valence-electron chi connectivity index (χ3n) is 3.63. The van der Waals surface area contributed by atoms with Gasteiger partial charge in [0, 0.05) is 12.6 Å². The maximum Gasteiger partial charge on any atom is 0.205 e. The molecule has 1 aliphatic carbocycles. The molecule has 1 fully saturated rings. The van der Waals surface area contributed by atoms with E-state index < -0.39 is 0 Å². The first-order valence-electron chi connectivity index (χ1n) is 7.13. The third-order valence-corrected chi connectivity index (χ3v) is 4.50. The van der Waals surface area contributed by atoms with E-state index in [2.05, 4.69) is 34.3 Å². The van der Waals surface area contributed by atoms with Gasteiger partial charge in [-0.15, -0.1) is 10.2 Å². The van der Waals surface area contributed by atoms with Crippen molar-refractivity contribution in [1.82, 2.24) is 15.1 Å². The summed E-state index contributed by atoms with van der Waals surface area (Å²) in [6.45, 7) is 7.32. The highest BCUT2D eigenvalue weighted by molar-refractivity contribution is 7.15. The van der Waals surface area contributed by atoms with Crippen LogP contribution in [-0.2, 0) is 6.54 Å². The van der Waals surface area contributed by atoms with Gasteiger partial charge in [0.05, 0.1) is 6.54 Å². The van der Waals surface area contributed by atoms with Gasteiger partial charge in [0.25, 0.3) is 0 Å². The summed E-state index contributed by atoms with van der Waals surface area (Å²) in [6.07, 6.45) is 6.90. The fourth-order valence-electron chi connectivity index (χ4n) is 2.66. The molecule has 0 radical (unpaired) electrons. The first-order chi connectivity index (χ1) is 8.83. The molecule has 5 heteroatoms. The maximum absolute atomic E-state index is 4.28. The van der Waals surface area contributed by atoms with Crippen LogP contribution in [0.5, 0.6) is 0 Å². The van der Waals surface area contributed by atoms with Crippen molar-refractivity contribution < 1.29 is 0 Å². The minimum Gasteiger partial charge on any atom is -0.360 e. The fourth-order valence-corrected chi connectivity index (χ4v) is 3.49. The summed E-state index contributed by atoms with van der Waals surface area (Å²) in [5.74, 6) is 0. The van der Waals surface area contributed by atoms with Crippen molar-refractivity contribution in [1.29, 1.82) is 0 Å². The highest BCUT2D eigenvalue weighted by Crippen LogP contribution is 2.25. The van der Waals surface area contributed by atoms with Crippen molar-refractivity contribution in [2.45, 2.75) is 58.5 Å². The topological polar surface area (TPSA) is 41.1 Å². The monoisotopic (exact) mass is 268 g/mol. The van der Waals surface area contributed by atoms with Crippen LogP contribution in [0.1, 0.15) is 51.0 Å². The molecule has 2 rings (SSSR count). The molecule has 0 unspecified atom stereocenters. The van der Waals surface area contributed by atoms with Crippen LogP contribution >= 0.6 is 11.3 Å². The second kappa shape index (κ2) is 7.04. The SMILES string of the molecule is CCNc1nnc(CN(CC)C2CCCCC2)s1. The van der Waals surface area contributed by atoms with Crippen LogP contribution in [0.15, 0.2) is 0 Å². The van der Waals surface area contributed by atoms with E-state index in [1.165, 1.54) is 32.1 Å². The molecular weight excluding hydrogens is 244 g/mol. The predicted molar refractivity (Wildman–Crippen MR) is 77.0 cm³/mol. The Bertz CT molecular complexity index is 347. The maximum atomic E-state index is 4.28. The lowest BCUT2D eigenvalue weighted by Crippen LogP contribution is -2.36. The number of nitrogens with one attached hydrogen (secondary N) is 1. The van der Waals surface area contributed by atoms with Gasteiger partial charge in [-0.05, 0) is 26.3 Å². The van der Waals surface area contributed by atoms with Crippen LogP contribution in [0, 0.1) is 0 Å². The van der Waals surface area contributed by atoms with E-state index in [1.54, 1.807) is 11.3 Å². The Hall–Kier alpha value is -0.680. The Balaban J connectivity index is 1.91. The molecule has 0 atom stereocenters. The number of anilines is 1. The van der Waals surface area contributed by atoms with Gasteiger partial charge in [-0.2, -0.15) is 0 Å². The summed E-state index contributed by atoms with van der Waals surface area (Å²) in [4.78, 5) is 2.56. The van der Waals surface area contributed by atoms with E-state index in [-0.39, 0.29) is 0 Å². The number of rotatable bonds is 6. The van der Waals surface area contributed by atoms with Crippen LogP contribution in [0.4, 0.5) is 5.13 Å². The van der Waals surface area contributed by atoms with Crippen LogP contribution in [-0.4, -0.2) is 34.2 Å².